The highest BCUT2D eigenvalue weighted by molar-refractivity contribution is 5.18. The molecule has 0 unspecified atom stereocenters. The highest BCUT2D eigenvalue weighted by Crippen LogP contribution is 2.18. The molecule has 0 saturated heterocycles. The zero-order chi connectivity index (χ0) is 11.7. The molecular weight excluding hydrogens is 182 g/mol. The van der Waals surface area contributed by atoms with Crippen LogP contribution in [0.25, 0.3) is 0 Å². The Morgan fingerprint density at radius 3 is 2.20 bits per heavy atom. The third-order valence-electron chi connectivity index (χ3n) is 1.77. The Labute approximate surface area is 93.4 Å². The van der Waals surface area contributed by atoms with Crippen LogP contribution < -0.4 is 5.73 Å². The summed E-state index contributed by atoms with van der Waals surface area (Å²) in [4.78, 5) is 0. The minimum atomic E-state index is 0.0391. The molecule has 0 rings (SSSR count). The SMILES string of the molecule is C=C/C=C\C=C/C(C)(C)/C=C\C=C(/C)N. The van der Waals surface area contributed by atoms with Crippen LogP contribution in [0.3, 0.4) is 0 Å². The Kier molecular flexibility index (Phi) is 6.19. The van der Waals surface area contributed by atoms with E-state index in [1.165, 1.54) is 0 Å². The third-order valence-corrected chi connectivity index (χ3v) is 1.77. The zero-order valence-corrected chi connectivity index (χ0v) is 9.90. The molecule has 0 aliphatic heterocycles. The van der Waals surface area contributed by atoms with Gasteiger partial charge in [0.05, 0.1) is 0 Å². The highest BCUT2D eigenvalue weighted by Gasteiger charge is 2.06. The van der Waals surface area contributed by atoms with Gasteiger partial charge in [-0.3, -0.25) is 0 Å². The van der Waals surface area contributed by atoms with Gasteiger partial charge in [-0.15, -0.1) is 0 Å². The molecule has 0 aliphatic rings. The predicted molar refractivity (Wildman–Crippen MR) is 69.3 cm³/mol. The first kappa shape index (κ1) is 13.5. The molecule has 0 bridgehead atoms. The molecule has 1 heteroatoms. The van der Waals surface area contributed by atoms with Gasteiger partial charge in [0.1, 0.15) is 0 Å². The molecule has 1 nitrogen and oxygen atoms in total. The van der Waals surface area contributed by atoms with E-state index >= 15 is 0 Å². The monoisotopic (exact) mass is 203 g/mol. The van der Waals surface area contributed by atoms with Gasteiger partial charge in [-0.2, -0.15) is 0 Å². The Balaban J connectivity index is 4.35. The number of hydrogen-bond acceptors (Lipinski definition) is 1. The minimum Gasteiger partial charge on any atom is -0.402 e. The van der Waals surface area contributed by atoms with Gasteiger partial charge < -0.3 is 5.73 Å². The van der Waals surface area contributed by atoms with Crippen molar-refractivity contribution in [3.05, 3.63) is 60.9 Å². The maximum Gasteiger partial charge on any atom is 0.00487 e. The first-order chi connectivity index (χ1) is 6.98. The summed E-state index contributed by atoms with van der Waals surface area (Å²) in [5.41, 5.74) is 6.39. The first-order valence-electron chi connectivity index (χ1n) is 5.06. The fourth-order valence-corrected chi connectivity index (χ4v) is 0.950. The Morgan fingerprint density at radius 2 is 1.67 bits per heavy atom. The maximum atomic E-state index is 5.53. The summed E-state index contributed by atoms with van der Waals surface area (Å²) in [5.74, 6) is 0. The topological polar surface area (TPSA) is 26.0 Å². The zero-order valence-electron chi connectivity index (χ0n) is 9.90. The van der Waals surface area contributed by atoms with Crippen LogP contribution in [-0.4, -0.2) is 0 Å². The van der Waals surface area contributed by atoms with Crippen molar-refractivity contribution in [1.29, 1.82) is 0 Å². The fourth-order valence-electron chi connectivity index (χ4n) is 0.950. The van der Waals surface area contributed by atoms with Gasteiger partial charge in [-0.1, -0.05) is 63.0 Å². The molecular formula is C14H21N. The van der Waals surface area contributed by atoms with E-state index < -0.39 is 0 Å². The molecule has 0 spiro atoms. The fraction of sp³-hybridized carbons (Fsp3) is 0.286. The Morgan fingerprint density at radius 1 is 1.07 bits per heavy atom. The summed E-state index contributed by atoms with van der Waals surface area (Å²) in [5, 5.41) is 0. The van der Waals surface area contributed by atoms with E-state index in [0.717, 1.165) is 5.70 Å². The second kappa shape index (κ2) is 6.88. The number of allylic oxidation sites excluding steroid dienone is 9. The van der Waals surface area contributed by atoms with Crippen molar-refractivity contribution in [2.75, 3.05) is 0 Å². The van der Waals surface area contributed by atoms with Crippen molar-refractivity contribution in [2.45, 2.75) is 20.8 Å². The highest BCUT2D eigenvalue weighted by atomic mass is 14.5. The maximum absolute atomic E-state index is 5.53. The van der Waals surface area contributed by atoms with Crippen LogP contribution in [0, 0.1) is 5.41 Å². The van der Waals surface area contributed by atoms with E-state index in [9.17, 15) is 0 Å². The van der Waals surface area contributed by atoms with Gasteiger partial charge in [0, 0.05) is 11.1 Å². The largest absolute Gasteiger partial charge is 0.402 e. The molecule has 2 N–H and O–H groups in total. The summed E-state index contributed by atoms with van der Waals surface area (Å²) in [6, 6.07) is 0. The summed E-state index contributed by atoms with van der Waals surface area (Å²) >= 11 is 0. The van der Waals surface area contributed by atoms with Crippen LogP contribution in [0.15, 0.2) is 60.9 Å². The molecule has 0 aromatic rings. The summed E-state index contributed by atoms with van der Waals surface area (Å²) in [6.07, 6.45) is 15.8. The lowest BCUT2D eigenvalue weighted by Crippen LogP contribution is -2.01. The lowest BCUT2D eigenvalue weighted by molar-refractivity contribution is 0.626. The molecule has 15 heavy (non-hydrogen) atoms. The third kappa shape index (κ3) is 8.82. The predicted octanol–water partition coefficient (Wildman–Crippen LogP) is 3.73. The summed E-state index contributed by atoms with van der Waals surface area (Å²) in [6.45, 7) is 9.76. The molecule has 0 amide bonds. The second-order valence-electron chi connectivity index (χ2n) is 4.07. The van der Waals surface area contributed by atoms with E-state index in [1.807, 2.05) is 37.3 Å². The number of rotatable bonds is 5. The minimum absolute atomic E-state index is 0.0391. The van der Waals surface area contributed by atoms with Gasteiger partial charge in [0.15, 0.2) is 0 Å². The number of hydrogen-bond donors (Lipinski definition) is 1. The lowest BCUT2D eigenvalue weighted by atomic mass is 9.92. The molecule has 0 heterocycles. The average molecular weight is 203 g/mol. The molecule has 0 aromatic carbocycles. The van der Waals surface area contributed by atoms with E-state index in [1.54, 1.807) is 6.08 Å². The van der Waals surface area contributed by atoms with Gasteiger partial charge >= 0.3 is 0 Å². The van der Waals surface area contributed by atoms with Crippen LogP contribution in [0.5, 0.6) is 0 Å². The van der Waals surface area contributed by atoms with Gasteiger partial charge in [-0.25, -0.2) is 0 Å². The van der Waals surface area contributed by atoms with Crippen molar-refractivity contribution >= 4 is 0 Å². The molecule has 82 valence electrons. The quantitative estimate of drug-likeness (QED) is 0.677. The summed E-state index contributed by atoms with van der Waals surface area (Å²) < 4.78 is 0. The van der Waals surface area contributed by atoms with Crippen molar-refractivity contribution in [3.8, 4) is 0 Å². The molecule has 0 aliphatic carbocycles. The Hall–Kier alpha value is -1.50. The molecule has 0 saturated carbocycles. The van der Waals surface area contributed by atoms with Crippen LogP contribution in [0.1, 0.15) is 20.8 Å². The van der Waals surface area contributed by atoms with Crippen LogP contribution in [0.2, 0.25) is 0 Å². The van der Waals surface area contributed by atoms with Gasteiger partial charge in [0.2, 0.25) is 0 Å². The van der Waals surface area contributed by atoms with Gasteiger partial charge in [0.25, 0.3) is 0 Å². The molecule has 0 fully saturated rings. The molecule has 0 aromatic heterocycles. The van der Waals surface area contributed by atoms with Crippen molar-refractivity contribution < 1.29 is 0 Å². The van der Waals surface area contributed by atoms with Crippen molar-refractivity contribution in [3.63, 3.8) is 0 Å². The smallest absolute Gasteiger partial charge is 0.00487 e. The normalized spacial score (nSPS) is 14.5. The average Bonchev–Trinajstić information content (AvgIpc) is 2.11. The number of nitrogens with two attached hydrogens (primary N) is 1. The Bertz CT molecular complexity index is 297. The summed E-state index contributed by atoms with van der Waals surface area (Å²) in [7, 11) is 0. The van der Waals surface area contributed by atoms with E-state index in [2.05, 4.69) is 32.6 Å². The van der Waals surface area contributed by atoms with Crippen LogP contribution >= 0.6 is 0 Å². The lowest BCUT2D eigenvalue weighted by Gasteiger charge is -2.13. The van der Waals surface area contributed by atoms with Crippen molar-refractivity contribution in [2.24, 2.45) is 11.1 Å². The standard InChI is InChI=1S/C14H21N/c1-5-6-7-8-11-14(3,4)12-9-10-13(2)15/h5-12H,1,15H2,2-4H3/b7-6-,11-8-,12-9-,13-10+. The van der Waals surface area contributed by atoms with E-state index in [-0.39, 0.29) is 5.41 Å². The van der Waals surface area contributed by atoms with E-state index in [4.69, 9.17) is 5.73 Å². The first-order valence-corrected chi connectivity index (χ1v) is 5.06. The van der Waals surface area contributed by atoms with E-state index in [0.29, 0.717) is 0 Å². The van der Waals surface area contributed by atoms with Crippen LogP contribution in [0.4, 0.5) is 0 Å². The van der Waals surface area contributed by atoms with Crippen LogP contribution in [-0.2, 0) is 0 Å². The second-order valence-corrected chi connectivity index (χ2v) is 4.07. The molecule has 0 atom stereocenters. The van der Waals surface area contributed by atoms with Gasteiger partial charge in [-0.05, 0) is 13.0 Å². The molecule has 0 radical (unpaired) electrons. The van der Waals surface area contributed by atoms with Crippen molar-refractivity contribution in [1.82, 2.24) is 0 Å².